The number of primary amides is 1. The Bertz CT molecular complexity index is 1900. The second-order valence-corrected chi connectivity index (χ2v) is 16.9. The standard InChI is InChI=1S/C41H66N12O13S/c1-21(2)18-30(40(65)66)53-37(62)26(11-13-31(43)55)50-35(60)25(6-5-16-46-41(44)45)49-34(59)22(3)47-39(64)29(19-23-7-9-24(54)10-8-23)52-36(61)27(12-14-33(57)58)51-38(63)28(15-17-67-4)48-32(56)20-42/h7-10,21-22,25-30,54H,5-6,11-20,42H2,1-4H3,(H2,43,55)(H,47,64)(H,48,56)(H,49,59)(H,50,60)(H,51,63)(H,52,61)(H,53,62)(H,57,58)(H,65,66)(H4,44,45,46)/t22-,25-,26-,27-,28-,29-,30-/m0/s1. The van der Waals surface area contributed by atoms with Crippen LogP contribution in [0.2, 0.25) is 0 Å². The minimum atomic E-state index is -1.54. The van der Waals surface area contributed by atoms with Crippen molar-refractivity contribution in [2.24, 2.45) is 33.8 Å². The number of phenolic OH excluding ortho intramolecular Hbond substituents is 1. The lowest BCUT2D eigenvalue weighted by molar-refractivity contribution is -0.143. The number of guanidine groups is 1. The number of thioether (sulfide) groups is 1. The number of carboxylic acid groups (broad SMARTS) is 2. The zero-order valence-corrected chi connectivity index (χ0v) is 38.8. The first-order valence-electron chi connectivity index (χ1n) is 21.3. The van der Waals surface area contributed by atoms with Crippen molar-refractivity contribution in [1.29, 1.82) is 0 Å². The fourth-order valence-electron chi connectivity index (χ4n) is 6.16. The summed E-state index contributed by atoms with van der Waals surface area (Å²) in [7, 11) is 0. The van der Waals surface area contributed by atoms with Crippen LogP contribution in [0.25, 0.3) is 0 Å². The van der Waals surface area contributed by atoms with Gasteiger partial charge in [-0.15, -0.1) is 0 Å². The topological polar surface area (TPSA) is 432 Å². The zero-order chi connectivity index (χ0) is 50.8. The first-order chi connectivity index (χ1) is 31.5. The third-order valence-electron chi connectivity index (χ3n) is 9.70. The summed E-state index contributed by atoms with van der Waals surface area (Å²) in [6.45, 7) is 4.30. The van der Waals surface area contributed by atoms with Gasteiger partial charge in [0.2, 0.25) is 47.3 Å². The molecular weight excluding hydrogens is 901 g/mol. The minimum Gasteiger partial charge on any atom is -0.508 e. The number of carbonyl (C=O) groups is 10. The minimum absolute atomic E-state index is 0.00269. The average molecular weight is 967 g/mol. The highest BCUT2D eigenvalue weighted by Crippen LogP contribution is 2.13. The number of aliphatic imine (C=N–C) groups is 1. The highest BCUT2D eigenvalue weighted by molar-refractivity contribution is 7.98. The molecule has 0 aromatic heterocycles. The van der Waals surface area contributed by atoms with Crippen molar-refractivity contribution in [3.63, 3.8) is 0 Å². The monoisotopic (exact) mass is 966 g/mol. The summed E-state index contributed by atoms with van der Waals surface area (Å²) in [4.78, 5) is 133. The molecule has 67 heavy (non-hydrogen) atoms. The van der Waals surface area contributed by atoms with Crippen LogP contribution in [-0.2, 0) is 54.4 Å². The van der Waals surface area contributed by atoms with E-state index in [-0.39, 0.29) is 69.1 Å². The normalized spacial score (nSPS) is 14.0. The van der Waals surface area contributed by atoms with Gasteiger partial charge in [-0.3, -0.25) is 48.1 Å². The number of phenols is 1. The van der Waals surface area contributed by atoms with Crippen LogP contribution in [0.1, 0.15) is 77.7 Å². The van der Waals surface area contributed by atoms with Gasteiger partial charge in [0.05, 0.1) is 6.54 Å². The Balaban J connectivity index is 3.48. The highest BCUT2D eigenvalue weighted by Gasteiger charge is 2.34. The van der Waals surface area contributed by atoms with Gasteiger partial charge in [0.25, 0.3) is 0 Å². The van der Waals surface area contributed by atoms with Gasteiger partial charge in [0, 0.05) is 25.8 Å². The molecular formula is C41H66N12O13S. The van der Waals surface area contributed by atoms with Crippen LogP contribution in [-0.4, -0.2) is 148 Å². The maximum Gasteiger partial charge on any atom is 0.326 e. The number of aliphatic carboxylic acids is 2. The number of nitrogens with zero attached hydrogens (tertiary/aromatic N) is 1. The van der Waals surface area contributed by atoms with Crippen LogP contribution in [0.3, 0.4) is 0 Å². The number of nitrogens with two attached hydrogens (primary N) is 4. The lowest BCUT2D eigenvalue weighted by Gasteiger charge is -2.27. The molecule has 1 aromatic carbocycles. The van der Waals surface area contributed by atoms with E-state index in [0.29, 0.717) is 11.3 Å². The molecule has 374 valence electrons. The van der Waals surface area contributed by atoms with Gasteiger partial charge in [-0.05, 0) is 81.1 Å². The summed E-state index contributed by atoms with van der Waals surface area (Å²) in [5, 5.41) is 46.1. The van der Waals surface area contributed by atoms with E-state index in [0.717, 1.165) is 0 Å². The summed E-state index contributed by atoms with van der Waals surface area (Å²) in [6, 6.07) is -4.34. The van der Waals surface area contributed by atoms with Crippen molar-refractivity contribution in [3.05, 3.63) is 29.8 Å². The number of carboxylic acids is 2. The first kappa shape index (κ1) is 58.3. The predicted molar refractivity (Wildman–Crippen MR) is 245 cm³/mol. The van der Waals surface area contributed by atoms with Crippen LogP contribution >= 0.6 is 11.8 Å². The summed E-state index contributed by atoms with van der Waals surface area (Å²) < 4.78 is 0. The molecule has 1 rings (SSSR count). The number of rotatable bonds is 32. The van der Waals surface area contributed by atoms with Crippen LogP contribution < -0.4 is 60.2 Å². The maximum absolute atomic E-state index is 14.0. The molecule has 0 aliphatic rings. The predicted octanol–water partition coefficient (Wildman–Crippen LogP) is -3.63. The Morgan fingerprint density at radius 2 is 1.10 bits per heavy atom. The second-order valence-electron chi connectivity index (χ2n) is 15.9. The fourth-order valence-corrected chi connectivity index (χ4v) is 6.63. The van der Waals surface area contributed by atoms with Gasteiger partial charge in [0.15, 0.2) is 5.96 Å². The lowest BCUT2D eigenvalue weighted by atomic mass is 10.0. The van der Waals surface area contributed by atoms with E-state index in [1.165, 1.54) is 43.0 Å². The van der Waals surface area contributed by atoms with Crippen molar-refractivity contribution in [2.45, 2.75) is 121 Å². The smallest absolute Gasteiger partial charge is 0.326 e. The molecule has 26 heteroatoms. The highest BCUT2D eigenvalue weighted by atomic mass is 32.2. The second kappa shape index (κ2) is 30.5. The van der Waals surface area contributed by atoms with Gasteiger partial charge in [-0.1, -0.05) is 26.0 Å². The first-order valence-corrected chi connectivity index (χ1v) is 22.7. The largest absolute Gasteiger partial charge is 0.508 e. The molecule has 7 atom stereocenters. The maximum atomic E-state index is 14.0. The summed E-state index contributed by atoms with van der Waals surface area (Å²) in [5.41, 5.74) is 22.0. The molecule has 0 bridgehead atoms. The van der Waals surface area contributed by atoms with Crippen LogP contribution in [0, 0.1) is 5.92 Å². The molecule has 0 unspecified atom stereocenters. The Morgan fingerprint density at radius 3 is 1.58 bits per heavy atom. The van der Waals surface area contributed by atoms with Crippen molar-refractivity contribution in [2.75, 3.05) is 25.1 Å². The quantitative estimate of drug-likeness (QED) is 0.0188. The Hall–Kier alpha value is -6.70. The Kier molecular flexibility index (Phi) is 26.5. The molecule has 0 saturated heterocycles. The average Bonchev–Trinajstić information content (AvgIpc) is 3.25. The van der Waals surface area contributed by atoms with Crippen LogP contribution in [0.5, 0.6) is 5.75 Å². The van der Waals surface area contributed by atoms with Crippen molar-refractivity contribution >= 4 is 76.9 Å². The van der Waals surface area contributed by atoms with E-state index in [2.05, 4.69) is 42.2 Å². The third-order valence-corrected chi connectivity index (χ3v) is 10.3. The molecule has 0 spiro atoms. The van der Waals surface area contributed by atoms with Crippen molar-refractivity contribution in [3.8, 4) is 5.75 Å². The van der Waals surface area contributed by atoms with E-state index >= 15 is 0 Å². The van der Waals surface area contributed by atoms with Crippen molar-refractivity contribution in [1.82, 2.24) is 37.2 Å². The number of hydrogen-bond acceptors (Lipinski definition) is 14. The molecule has 0 aliphatic heterocycles. The van der Waals surface area contributed by atoms with Gasteiger partial charge in [-0.2, -0.15) is 11.8 Å². The van der Waals surface area contributed by atoms with Crippen LogP contribution in [0.15, 0.2) is 29.3 Å². The number of aromatic hydroxyl groups is 1. The van der Waals surface area contributed by atoms with Crippen LogP contribution in [0.4, 0.5) is 0 Å². The van der Waals surface area contributed by atoms with E-state index in [1.807, 2.05) is 0 Å². The Morgan fingerprint density at radius 1 is 0.627 bits per heavy atom. The number of benzene rings is 1. The number of amides is 8. The van der Waals surface area contributed by atoms with Gasteiger partial charge < -0.3 is 75.5 Å². The molecule has 18 N–H and O–H groups in total. The summed E-state index contributed by atoms with van der Waals surface area (Å²) in [5.74, 6) is -9.79. The SMILES string of the molecule is CSCC[C@H](NC(=O)CN)C(=O)N[C@@H](CCC(=O)O)C(=O)N[C@@H](Cc1ccc(O)cc1)C(=O)N[C@@H](C)C(=O)N[C@@H](CCCN=C(N)N)C(=O)N[C@@H](CCC(N)=O)C(=O)N[C@@H](CC(C)C)C(=O)O. The molecule has 1 aromatic rings. The fraction of sp³-hybridized carbons (Fsp3) is 0.585. The van der Waals surface area contributed by atoms with E-state index < -0.39 is 121 Å². The van der Waals surface area contributed by atoms with Crippen molar-refractivity contribution < 1.29 is 63.3 Å². The van der Waals surface area contributed by atoms with E-state index in [4.69, 9.17) is 22.9 Å². The van der Waals surface area contributed by atoms with E-state index in [1.54, 1.807) is 20.1 Å². The summed E-state index contributed by atoms with van der Waals surface area (Å²) in [6.07, 6.45) is -0.0883. The molecule has 8 amide bonds. The van der Waals surface area contributed by atoms with Gasteiger partial charge in [0.1, 0.15) is 48.0 Å². The Labute approximate surface area is 391 Å². The number of hydrogen-bond donors (Lipinski definition) is 14. The molecule has 25 nitrogen and oxygen atoms in total. The molecule has 0 fully saturated rings. The van der Waals surface area contributed by atoms with Gasteiger partial charge in [-0.25, -0.2) is 4.79 Å². The third kappa shape index (κ3) is 23.9. The summed E-state index contributed by atoms with van der Waals surface area (Å²) >= 11 is 1.37. The lowest BCUT2D eigenvalue weighted by Crippen LogP contribution is -2.60. The number of carbonyl (C=O) groups excluding carboxylic acids is 8. The molecule has 0 radical (unpaired) electrons. The zero-order valence-electron chi connectivity index (χ0n) is 38.0. The van der Waals surface area contributed by atoms with E-state index in [9.17, 15) is 63.3 Å². The van der Waals surface area contributed by atoms with Gasteiger partial charge >= 0.3 is 11.9 Å². The molecule has 0 saturated carbocycles. The molecule has 0 aliphatic carbocycles. The number of nitrogens with one attached hydrogen (secondary N) is 7. The molecule has 0 heterocycles.